The SMILES string of the molecule is CCN1CCN(c2nc3ncn(CC(=O)Nc4ccccc4OC)c(=O)c3s2)CC1. The first-order valence-corrected chi connectivity index (χ1v) is 10.7. The second-order valence-electron chi connectivity index (χ2n) is 7.00. The van der Waals surface area contributed by atoms with Gasteiger partial charge < -0.3 is 19.9 Å². The molecule has 158 valence electrons. The number of hydrogen-bond donors (Lipinski definition) is 1. The van der Waals surface area contributed by atoms with Crippen molar-refractivity contribution in [1.82, 2.24) is 19.4 Å². The van der Waals surface area contributed by atoms with Crippen LogP contribution in [0.5, 0.6) is 5.75 Å². The molecule has 1 saturated heterocycles. The predicted molar refractivity (Wildman–Crippen MR) is 118 cm³/mol. The van der Waals surface area contributed by atoms with Crippen LogP contribution in [0.25, 0.3) is 10.3 Å². The summed E-state index contributed by atoms with van der Waals surface area (Å²) in [5.74, 6) is 0.227. The molecule has 1 fully saturated rings. The minimum absolute atomic E-state index is 0.137. The Balaban J connectivity index is 1.51. The fourth-order valence-corrected chi connectivity index (χ4v) is 4.45. The third-order valence-corrected chi connectivity index (χ3v) is 6.25. The summed E-state index contributed by atoms with van der Waals surface area (Å²) in [6.45, 7) is 6.77. The Morgan fingerprint density at radius 2 is 2.00 bits per heavy atom. The van der Waals surface area contributed by atoms with Crippen LogP contribution in [0.4, 0.5) is 10.8 Å². The second kappa shape index (κ2) is 8.80. The van der Waals surface area contributed by atoms with Crippen molar-refractivity contribution in [2.45, 2.75) is 13.5 Å². The first-order chi connectivity index (χ1) is 14.6. The van der Waals surface area contributed by atoms with Crippen molar-refractivity contribution in [3.63, 3.8) is 0 Å². The molecule has 0 saturated carbocycles. The molecule has 3 aromatic rings. The Bertz CT molecular complexity index is 1100. The number of hydrogen-bond acceptors (Lipinski definition) is 8. The summed E-state index contributed by atoms with van der Waals surface area (Å²) in [4.78, 5) is 38.8. The Kier molecular flexibility index (Phi) is 5.96. The third kappa shape index (κ3) is 4.14. The van der Waals surface area contributed by atoms with Crippen LogP contribution in [0.2, 0.25) is 0 Å². The summed E-state index contributed by atoms with van der Waals surface area (Å²) in [5.41, 5.74) is 0.726. The summed E-state index contributed by atoms with van der Waals surface area (Å²) >= 11 is 1.34. The lowest BCUT2D eigenvalue weighted by Gasteiger charge is -2.33. The van der Waals surface area contributed by atoms with E-state index < -0.39 is 0 Å². The number of benzene rings is 1. The van der Waals surface area contributed by atoms with E-state index in [0.29, 0.717) is 21.8 Å². The Morgan fingerprint density at radius 3 is 2.73 bits per heavy atom. The molecule has 0 unspecified atom stereocenters. The quantitative estimate of drug-likeness (QED) is 0.638. The molecule has 0 spiro atoms. The van der Waals surface area contributed by atoms with Crippen LogP contribution in [0.3, 0.4) is 0 Å². The predicted octanol–water partition coefficient (Wildman–Crippen LogP) is 1.64. The van der Waals surface area contributed by atoms with Crippen LogP contribution in [-0.4, -0.2) is 65.2 Å². The van der Waals surface area contributed by atoms with Crippen molar-refractivity contribution in [2.24, 2.45) is 0 Å². The van der Waals surface area contributed by atoms with E-state index in [9.17, 15) is 9.59 Å². The monoisotopic (exact) mass is 428 g/mol. The highest BCUT2D eigenvalue weighted by molar-refractivity contribution is 7.22. The first-order valence-electron chi connectivity index (χ1n) is 9.85. The minimum atomic E-state index is -0.330. The molecule has 0 atom stereocenters. The largest absolute Gasteiger partial charge is 0.495 e. The van der Waals surface area contributed by atoms with Crippen LogP contribution in [0.15, 0.2) is 35.4 Å². The van der Waals surface area contributed by atoms with E-state index in [1.807, 2.05) is 6.07 Å². The highest BCUT2D eigenvalue weighted by Gasteiger charge is 2.21. The number of aromatic nitrogens is 3. The van der Waals surface area contributed by atoms with Gasteiger partial charge in [-0.25, -0.2) is 4.98 Å². The number of fused-ring (bicyclic) bond motifs is 1. The molecule has 0 radical (unpaired) electrons. The van der Waals surface area contributed by atoms with Crippen molar-refractivity contribution < 1.29 is 9.53 Å². The van der Waals surface area contributed by atoms with E-state index in [2.05, 4.69) is 32.0 Å². The van der Waals surface area contributed by atoms with E-state index in [0.717, 1.165) is 37.9 Å². The van der Waals surface area contributed by atoms with Crippen LogP contribution in [0.1, 0.15) is 6.92 Å². The molecule has 1 aromatic carbocycles. The number of carbonyl (C=O) groups is 1. The average Bonchev–Trinajstić information content (AvgIpc) is 3.21. The Morgan fingerprint density at radius 1 is 1.23 bits per heavy atom. The zero-order valence-corrected chi connectivity index (χ0v) is 17.8. The number of rotatable bonds is 6. The number of para-hydroxylation sites is 2. The lowest BCUT2D eigenvalue weighted by Crippen LogP contribution is -2.46. The summed E-state index contributed by atoms with van der Waals surface area (Å²) in [6.07, 6.45) is 1.38. The van der Waals surface area contributed by atoms with Gasteiger partial charge in [0.25, 0.3) is 5.56 Å². The number of likely N-dealkylation sites (N-methyl/N-ethyl adjacent to an activating group) is 1. The zero-order valence-electron chi connectivity index (χ0n) is 17.0. The van der Waals surface area contributed by atoms with Crippen LogP contribution in [0, 0.1) is 0 Å². The van der Waals surface area contributed by atoms with Crippen molar-refractivity contribution in [1.29, 1.82) is 0 Å². The average molecular weight is 429 g/mol. The maximum absolute atomic E-state index is 12.9. The van der Waals surface area contributed by atoms with Gasteiger partial charge in [0.1, 0.15) is 23.3 Å². The number of piperazine rings is 1. The molecule has 1 N–H and O–H groups in total. The van der Waals surface area contributed by atoms with Gasteiger partial charge in [0.2, 0.25) is 5.91 Å². The molecule has 30 heavy (non-hydrogen) atoms. The molecular formula is C20H24N6O3S. The highest BCUT2D eigenvalue weighted by atomic mass is 32.1. The molecular weight excluding hydrogens is 404 g/mol. The van der Waals surface area contributed by atoms with Crippen LogP contribution in [-0.2, 0) is 11.3 Å². The van der Waals surface area contributed by atoms with Gasteiger partial charge in [0.05, 0.1) is 12.8 Å². The lowest BCUT2D eigenvalue weighted by molar-refractivity contribution is -0.116. The molecule has 1 aliphatic heterocycles. The number of carbonyl (C=O) groups excluding carboxylic acids is 1. The molecule has 4 rings (SSSR count). The third-order valence-electron chi connectivity index (χ3n) is 5.16. The molecule has 3 heterocycles. The smallest absolute Gasteiger partial charge is 0.273 e. The number of nitrogens with zero attached hydrogens (tertiary/aromatic N) is 5. The van der Waals surface area contributed by atoms with Crippen molar-refractivity contribution in [2.75, 3.05) is 50.1 Å². The number of ether oxygens (including phenoxy) is 1. The van der Waals surface area contributed by atoms with Gasteiger partial charge in [-0.2, -0.15) is 4.98 Å². The van der Waals surface area contributed by atoms with E-state index in [-0.39, 0.29) is 18.0 Å². The maximum atomic E-state index is 12.9. The fraction of sp³-hybridized carbons (Fsp3) is 0.400. The molecule has 10 heteroatoms. The zero-order chi connectivity index (χ0) is 21.1. The minimum Gasteiger partial charge on any atom is -0.495 e. The lowest BCUT2D eigenvalue weighted by atomic mass is 10.3. The maximum Gasteiger partial charge on any atom is 0.273 e. The second-order valence-corrected chi connectivity index (χ2v) is 7.97. The van der Waals surface area contributed by atoms with Crippen LogP contribution < -0.4 is 20.5 Å². The Labute approximate surface area is 177 Å². The van der Waals surface area contributed by atoms with E-state index >= 15 is 0 Å². The molecule has 0 bridgehead atoms. The number of anilines is 2. The van der Waals surface area contributed by atoms with Gasteiger partial charge in [-0.15, -0.1) is 0 Å². The van der Waals surface area contributed by atoms with Gasteiger partial charge >= 0.3 is 0 Å². The highest BCUT2D eigenvalue weighted by Crippen LogP contribution is 2.26. The van der Waals surface area contributed by atoms with E-state index in [4.69, 9.17) is 4.74 Å². The van der Waals surface area contributed by atoms with Crippen LogP contribution >= 0.6 is 11.3 Å². The van der Waals surface area contributed by atoms with E-state index in [1.54, 1.807) is 18.2 Å². The molecule has 2 aromatic heterocycles. The van der Waals surface area contributed by atoms with E-state index in [1.165, 1.54) is 29.3 Å². The van der Waals surface area contributed by atoms with Gasteiger partial charge in [-0.1, -0.05) is 30.4 Å². The van der Waals surface area contributed by atoms with Crippen molar-refractivity contribution in [3.8, 4) is 5.75 Å². The number of nitrogens with one attached hydrogen (secondary N) is 1. The molecule has 0 aliphatic carbocycles. The molecule has 1 aliphatic rings. The first kappa shape index (κ1) is 20.3. The normalized spacial score (nSPS) is 14.8. The molecule has 9 nitrogen and oxygen atoms in total. The summed E-state index contributed by atoms with van der Waals surface area (Å²) in [6, 6.07) is 7.13. The topological polar surface area (TPSA) is 92.6 Å². The van der Waals surface area contributed by atoms with Crippen molar-refractivity contribution in [3.05, 3.63) is 40.9 Å². The summed E-state index contributed by atoms with van der Waals surface area (Å²) in [7, 11) is 1.54. The van der Waals surface area contributed by atoms with Gasteiger partial charge in [-0.3, -0.25) is 14.2 Å². The van der Waals surface area contributed by atoms with Gasteiger partial charge in [-0.05, 0) is 18.7 Å². The Hall–Kier alpha value is -2.98. The standard InChI is InChI=1S/C20H24N6O3S/c1-3-24-8-10-25(11-9-24)20-23-18-17(30-20)19(28)26(13-21-18)12-16(27)22-14-6-4-5-7-15(14)29-2/h4-7,13H,3,8-12H2,1-2H3,(H,22,27). The van der Waals surface area contributed by atoms with Gasteiger partial charge in [0.15, 0.2) is 10.8 Å². The fourth-order valence-electron chi connectivity index (χ4n) is 3.43. The number of amides is 1. The number of thiazole rings is 1. The molecule has 1 amide bonds. The summed E-state index contributed by atoms with van der Waals surface area (Å²) < 4.78 is 7.02. The van der Waals surface area contributed by atoms with Crippen molar-refractivity contribution >= 4 is 38.4 Å². The summed E-state index contributed by atoms with van der Waals surface area (Å²) in [5, 5.41) is 3.58. The number of methoxy groups -OCH3 is 1. The van der Waals surface area contributed by atoms with Gasteiger partial charge in [0, 0.05) is 26.2 Å².